The zero-order chi connectivity index (χ0) is 11.0. The van der Waals surface area contributed by atoms with Gasteiger partial charge in [0.15, 0.2) is 0 Å². The molecule has 2 heteroatoms. The summed E-state index contributed by atoms with van der Waals surface area (Å²) in [5.74, 6) is 0.0501. The van der Waals surface area contributed by atoms with Crippen LogP contribution in [-0.4, -0.2) is 4.98 Å². The summed E-state index contributed by atoms with van der Waals surface area (Å²) in [6.07, 6.45) is 0. The van der Waals surface area contributed by atoms with Gasteiger partial charge in [-0.3, -0.25) is 0 Å². The number of hydrogen-bond acceptors (Lipinski definition) is 1. The molecule has 0 bridgehead atoms. The smallest absolute Gasteiger partial charge is 0.0458 e. The number of fused-ring (bicyclic) bond motifs is 1. The van der Waals surface area contributed by atoms with Crippen LogP contribution in [0, 0.1) is 0 Å². The first-order chi connectivity index (χ1) is 7.84. The Hall–Kier alpha value is -2.22. The highest BCUT2D eigenvalue weighted by Crippen LogP contribution is 2.28. The van der Waals surface area contributed by atoms with E-state index < -0.39 is 0 Å². The van der Waals surface area contributed by atoms with Crippen molar-refractivity contribution in [2.45, 2.75) is 0 Å². The molecule has 0 aliphatic carbocycles. The second-order valence-corrected chi connectivity index (χ2v) is 3.77. The molecule has 16 heavy (non-hydrogen) atoms. The number of hydrogen-bond donors (Lipinski definition) is 1. The van der Waals surface area contributed by atoms with Crippen molar-refractivity contribution in [3.63, 3.8) is 0 Å². The molecule has 0 atom stereocenters. The standard InChI is InChI=1S/C14H11NO/c16-14-8-4-2-6-11(14)13-9-10-5-1-3-7-12(10)15-13/h1-9,15-16H/p-1. The van der Waals surface area contributed by atoms with Gasteiger partial charge in [-0.05, 0) is 17.7 Å². The third kappa shape index (κ3) is 1.36. The molecule has 2 aromatic carbocycles. The highest BCUT2D eigenvalue weighted by atomic mass is 16.3. The zero-order valence-electron chi connectivity index (χ0n) is 8.60. The van der Waals surface area contributed by atoms with Gasteiger partial charge in [-0.2, -0.15) is 0 Å². The molecule has 78 valence electrons. The Morgan fingerprint density at radius 1 is 0.875 bits per heavy atom. The number of rotatable bonds is 1. The number of aromatic nitrogens is 1. The second-order valence-electron chi connectivity index (χ2n) is 3.77. The van der Waals surface area contributed by atoms with Crippen LogP contribution >= 0.6 is 0 Å². The Kier molecular flexibility index (Phi) is 1.93. The van der Waals surface area contributed by atoms with E-state index in [0.29, 0.717) is 0 Å². The van der Waals surface area contributed by atoms with E-state index in [-0.39, 0.29) is 5.75 Å². The lowest BCUT2D eigenvalue weighted by atomic mass is 10.1. The number of para-hydroxylation sites is 2. The van der Waals surface area contributed by atoms with Crippen LogP contribution in [0.4, 0.5) is 0 Å². The number of H-pyrrole nitrogens is 1. The molecule has 3 aromatic rings. The maximum absolute atomic E-state index is 11.7. The highest BCUT2D eigenvalue weighted by Gasteiger charge is 2.02. The number of nitrogens with one attached hydrogen (secondary N) is 1. The van der Waals surface area contributed by atoms with Gasteiger partial charge in [-0.1, -0.05) is 48.2 Å². The Balaban J connectivity index is 2.23. The largest absolute Gasteiger partial charge is 0.872 e. The molecular weight excluding hydrogens is 198 g/mol. The molecule has 0 aliphatic heterocycles. The fourth-order valence-corrected chi connectivity index (χ4v) is 1.91. The van der Waals surface area contributed by atoms with Crippen LogP contribution in [-0.2, 0) is 0 Å². The predicted molar refractivity (Wildman–Crippen MR) is 63.2 cm³/mol. The minimum Gasteiger partial charge on any atom is -0.872 e. The molecule has 1 heterocycles. The summed E-state index contributed by atoms with van der Waals surface area (Å²) in [6.45, 7) is 0. The van der Waals surface area contributed by atoms with Gasteiger partial charge < -0.3 is 10.1 Å². The average Bonchev–Trinajstić information content (AvgIpc) is 2.73. The summed E-state index contributed by atoms with van der Waals surface area (Å²) < 4.78 is 0. The first-order valence-electron chi connectivity index (χ1n) is 5.19. The van der Waals surface area contributed by atoms with E-state index in [0.717, 1.165) is 22.2 Å². The molecule has 1 aromatic heterocycles. The van der Waals surface area contributed by atoms with Gasteiger partial charge in [-0.15, -0.1) is 0 Å². The first kappa shape index (κ1) is 9.04. The van der Waals surface area contributed by atoms with Crippen LogP contribution < -0.4 is 5.11 Å². The molecule has 0 spiro atoms. The van der Waals surface area contributed by atoms with Crippen molar-refractivity contribution in [2.75, 3.05) is 0 Å². The van der Waals surface area contributed by atoms with E-state index in [1.807, 2.05) is 42.5 Å². The summed E-state index contributed by atoms with van der Waals surface area (Å²) in [5.41, 5.74) is 2.66. The fourth-order valence-electron chi connectivity index (χ4n) is 1.91. The van der Waals surface area contributed by atoms with Gasteiger partial charge in [0.1, 0.15) is 0 Å². The molecule has 0 saturated carbocycles. The third-order valence-corrected chi connectivity index (χ3v) is 2.71. The van der Waals surface area contributed by atoms with Gasteiger partial charge in [-0.25, -0.2) is 0 Å². The van der Waals surface area contributed by atoms with Crippen LogP contribution in [0.25, 0.3) is 22.2 Å². The van der Waals surface area contributed by atoms with Gasteiger partial charge >= 0.3 is 0 Å². The van der Waals surface area contributed by atoms with E-state index in [2.05, 4.69) is 4.98 Å². The van der Waals surface area contributed by atoms with Crippen LogP contribution in [0.1, 0.15) is 0 Å². The van der Waals surface area contributed by atoms with E-state index in [1.54, 1.807) is 12.1 Å². The maximum Gasteiger partial charge on any atom is 0.0458 e. The van der Waals surface area contributed by atoms with Crippen molar-refractivity contribution in [1.82, 2.24) is 4.98 Å². The van der Waals surface area contributed by atoms with Crippen LogP contribution in [0.15, 0.2) is 54.6 Å². The molecular formula is C14H10NO-. The maximum atomic E-state index is 11.7. The number of aromatic amines is 1. The van der Waals surface area contributed by atoms with Gasteiger partial charge in [0.2, 0.25) is 0 Å². The molecule has 0 fully saturated rings. The topological polar surface area (TPSA) is 38.8 Å². The van der Waals surface area contributed by atoms with Crippen molar-refractivity contribution in [3.8, 4) is 17.0 Å². The zero-order valence-corrected chi connectivity index (χ0v) is 8.60. The quantitative estimate of drug-likeness (QED) is 0.656. The van der Waals surface area contributed by atoms with Crippen molar-refractivity contribution >= 4 is 10.9 Å². The predicted octanol–water partition coefficient (Wildman–Crippen LogP) is 2.91. The highest BCUT2D eigenvalue weighted by molar-refractivity contribution is 5.86. The lowest BCUT2D eigenvalue weighted by Crippen LogP contribution is -1.92. The van der Waals surface area contributed by atoms with E-state index >= 15 is 0 Å². The summed E-state index contributed by atoms with van der Waals surface area (Å²) in [4.78, 5) is 3.25. The van der Waals surface area contributed by atoms with Crippen molar-refractivity contribution in [2.24, 2.45) is 0 Å². The Labute approximate surface area is 93.2 Å². The molecule has 2 nitrogen and oxygen atoms in total. The van der Waals surface area contributed by atoms with Gasteiger partial charge in [0, 0.05) is 16.6 Å². The fraction of sp³-hybridized carbons (Fsp3) is 0. The molecule has 3 rings (SSSR count). The molecule has 1 N–H and O–H groups in total. The first-order valence-corrected chi connectivity index (χ1v) is 5.19. The third-order valence-electron chi connectivity index (χ3n) is 2.71. The molecule has 0 amide bonds. The molecule has 0 unspecified atom stereocenters. The Bertz CT molecular complexity index is 607. The van der Waals surface area contributed by atoms with E-state index in [4.69, 9.17) is 0 Å². The lowest BCUT2D eigenvalue weighted by molar-refractivity contribution is -0.267. The Morgan fingerprint density at radius 3 is 2.44 bits per heavy atom. The summed E-state index contributed by atoms with van der Waals surface area (Å²) in [6, 6.07) is 17.1. The minimum absolute atomic E-state index is 0.0501. The van der Waals surface area contributed by atoms with Crippen molar-refractivity contribution < 1.29 is 5.11 Å². The van der Waals surface area contributed by atoms with Crippen molar-refractivity contribution in [1.29, 1.82) is 0 Å². The van der Waals surface area contributed by atoms with Gasteiger partial charge in [0.05, 0.1) is 0 Å². The normalized spacial score (nSPS) is 10.8. The average molecular weight is 208 g/mol. The SMILES string of the molecule is [O-]c1ccccc1-c1cc2ccccc2[nH]1. The van der Waals surface area contributed by atoms with E-state index in [1.165, 1.54) is 0 Å². The number of benzene rings is 2. The molecule has 0 radical (unpaired) electrons. The summed E-state index contributed by atoms with van der Waals surface area (Å²) in [7, 11) is 0. The molecule has 0 aliphatic rings. The minimum atomic E-state index is 0.0501. The van der Waals surface area contributed by atoms with Crippen molar-refractivity contribution in [3.05, 3.63) is 54.6 Å². The van der Waals surface area contributed by atoms with Crippen LogP contribution in [0.3, 0.4) is 0 Å². The van der Waals surface area contributed by atoms with E-state index in [9.17, 15) is 5.11 Å². The monoisotopic (exact) mass is 208 g/mol. The van der Waals surface area contributed by atoms with Crippen LogP contribution in [0.2, 0.25) is 0 Å². The lowest BCUT2D eigenvalue weighted by Gasteiger charge is -2.10. The second kappa shape index (κ2) is 3.42. The Morgan fingerprint density at radius 2 is 1.62 bits per heavy atom. The molecule has 0 saturated heterocycles. The summed E-state index contributed by atoms with van der Waals surface area (Å²) >= 11 is 0. The van der Waals surface area contributed by atoms with Gasteiger partial charge in [0.25, 0.3) is 0 Å². The summed E-state index contributed by atoms with van der Waals surface area (Å²) in [5, 5.41) is 12.8. The van der Waals surface area contributed by atoms with Crippen LogP contribution in [0.5, 0.6) is 5.75 Å².